The van der Waals surface area contributed by atoms with E-state index in [1.54, 1.807) is 0 Å². The topological polar surface area (TPSA) is 12.0 Å². The first-order valence-corrected chi connectivity index (χ1v) is 7.16. The van der Waals surface area contributed by atoms with E-state index in [1.165, 1.54) is 64.5 Å². The Morgan fingerprint density at radius 1 is 1.12 bits per heavy atom. The van der Waals surface area contributed by atoms with E-state index in [9.17, 15) is 0 Å². The Morgan fingerprint density at radius 2 is 1.94 bits per heavy atom. The summed E-state index contributed by atoms with van der Waals surface area (Å²) in [5.74, 6) is 0.896. The smallest absolute Gasteiger partial charge is 0.00206 e. The number of nitrogens with one attached hydrogen (secondary N) is 1. The average Bonchev–Trinajstić information content (AvgIpc) is 2.32. The highest BCUT2D eigenvalue weighted by molar-refractivity contribution is 4.66. The number of hydrogen-bond acceptors (Lipinski definition) is 1. The summed E-state index contributed by atoms with van der Waals surface area (Å²) in [5, 5.41) is 3.60. The van der Waals surface area contributed by atoms with Gasteiger partial charge in [-0.25, -0.2) is 0 Å². The van der Waals surface area contributed by atoms with Crippen LogP contribution in [0, 0.1) is 5.92 Å². The van der Waals surface area contributed by atoms with Gasteiger partial charge in [0.05, 0.1) is 0 Å². The lowest BCUT2D eigenvalue weighted by Gasteiger charge is -2.15. The SMILES string of the molecule is C=CCCCCCNCC(CC)CCCC. The van der Waals surface area contributed by atoms with E-state index in [2.05, 4.69) is 25.7 Å². The maximum absolute atomic E-state index is 3.74. The zero-order chi connectivity index (χ0) is 12.1. The molecule has 0 aromatic carbocycles. The van der Waals surface area contributed by atoms with Crippen molar-refractivity contribution >= 4 is 0 Å². The van der Waals surface area contributed by atoms with Gasteiger partial charge in [-0.05, 0) is 44.7 Å². The van der Waals surface area contributed by atoms with E-state index in [0.29, 0.717) is 0 Å². The minimum Gasteiger partial charge on any atom is -0.316 e. The van der Waals surface area contributed by atoms with E-state index in [4.69, 9.17) is 0 Å². The Morgan fingerprint density at radius 3 is 2.56 bits per heavy atom. The molecule has 0 radical (unpaired) electrons. The lowest BCUT2D eigenvalue weighted by molar-refractivity contribution is 0.416. The second-order valence-corrected chi connectivity index (χ2v) is 4.76. The molecule has 16 heavy (non-hydrogen) atoms. The third-order valence-corrected chi connectivity index (χ3v) is 3.24. The fourth-order valence-corrected chi connectivity index (χ4v) is 1.96. The van der Waals surface area contributed by atoms with E-state index >= 15 is 0 Å². The molecule has 1 N–H and O–H groups in total. The first kappa shape index (κ1) is 15.7. The molecule has 0 saturated carbocycles. The molecule has 96 valence electrons. The predicted octanol–water partition coefficient (Wildman–Crippen LogP) is 4.54. The molecule has 0 aliphatic rings. The van der Waals surface area contributed by atoms with Crippen LogP contribution >= 0.6 is 0 Å². The van der Waals surface area contributed by atoms with E-state index in [-0.39, 0.29) is 0 Å². The number of allylic oxidation sites excluding steroid dienone is 1. The normalized spacial score (nSPS) is 12.6. The van der Waals surface area contributed by atoms with Crippen LogP contribution in [0.25, 0.3) is 0 Å². The van der Waals surface area contributed by atoms with E-state index in [1.807, 2.05) is 6.08 Å². The van der Waals surface area contributed by atoms with Crippen molar-refractivity contribution < 1.29 is 0 Å². The van der Waals surface area contributed by atoms with Crippen molar-refractivity contribution in [3.05, 3.63) is 12.7 Å². The average molecular weight is 225 g/mol. The van der Waals surface area contributed by atoms with Gasteiger partial charge in [0.1, 0.15) is 0 Å². The quantitative estimate of drug-likeness (QED) is 0.380. The van der Waals surface area contributed by atoms with Gasteiger partial charge in [-0.15, -0.1) is 6.58 Å². The fraction of sp³-hybridized carbons (Fsp3) is 0.867. The van der Waals surface area contributed by atoms with Crippen LogP contribution in [0.15, 0.2) is 12.7 Å². The summed E-state index contributed by atoms with van der Waals surface area (Å²) in [7, 11) is 0. The minimum atomic E-state index is 0.896. The molecule has 0 aromatic heterocycles. The Bertz CT molecular complexity index is 142. The molecule has 0 spiro atoms. The van der Waals surface area contributed by atoms with Gasteiger partial charge in [-0.3, -0.25) is 0 Å². The summed E-state index contributed by atoms with van der Waals surface area (Å²) in [6.45, 7) is 10.7. The molecular weight excluding hydrogens is 194 g/mol. The van der Waals surface area contributed by atoms with Gasteiger partial charge in [0.25, 0.3) is 0 Å². The standard InChI is InChI=1S/C15H31N/c1-4-7-9-10-11-13-16-14-15(6-3)12-8-5-2/h4,15-16H,1,5-14H2,2-3H3. The van der Waals surface area contributed by atoms with Gasteiger partial charge in [-0.1, -0.05) is 45.6 Å². The van der Waals surface area contributed by atoms with Crippen LogP contribution in [-0.4, -0.2) is 13.1 Å². The fourth-order valence-electron chi connectivity index (χ4n) is 1.96. The van der Waals surface area contributed by atoms with Crippen LogP contribution in [0.1, 0.15) is 65.2 Å². The predicted molar refractivity (Wildman–Crippen MR) is 74.8 cm³/mol. The van der Waals surface area contributed by atoms with Crippen molar-refractivity contribution in [3.63, 3.8) is 0 Å². The summed E-state index contributed by atoms with van der Waals surface area (Å²) >= 11 is 0. The van der Waals surface area contributed by atoms with Crippen molar-refractivity contribution in [1.29, 1.82) is 0 Å². The van der Waals surface area contributed by atoms with Gasteiger partial charge in [0.2, 0.25) is 0 Å². The molecule has 0 heterocycles. The third kappa shape index (κ3) is 10.2. The van der Waals surface area contributed by atoms with Crippen LogP contribution in [0.5, 0.6) is 0 Å². The molecule has 1 heteroatoms. The molecule has 0 aliphatic carbocycles. The zero-order valence-corrected chi connectivity index (χ0v) is 11.4. The maximum atomic E-state index is 3.74. The molecule has 0 rings (SSSR count). The van der Waals surface area contributed by atoms with Gasteiger partial charge >= 0.3 is 0 Å². The van der Waals surface area contributed by atoms with Crippen LogP contribution in [0.2, 0.25) is 0 Å². The Kier molecular flexibility index (Phi) is 12.5. The Labute approximate surface area is 103 Å². The highest BCUT2D eigenvalue weighted by atomic mass is 14.8. The van der Waals surface area contributed by atoms with Gasteiger partial charge in [-0.2, -0.15) is 0 Å². The lowest BCUT2D eigenvalue weighted by atomic mass is 9.99. The summed E-state index contributed by atoms with van der Waals surface area (Å²) in [6, 6.07) is 0. The molecule has 1 nitrogen and oxygen atoms in total. The second kappa shape index (κ2) is 12.8. The summed E-state index contributed by atoms with van der Waals surface area (Å²) in [4.78, 5) is 0. The maximum Gasteiger partial charge on any atom is -0.00206 e. The highest BCUT2D eigenvalue weighted by Gasteiger charge is 2.04. The molecule has 1 atom stereocenters. The first-order chi connectivity index (χ1) is 7.85. The lowest BCUT2D eigenvalue weighted by Crippen LogP contribution is -2.23. The molecular formula is C15H31N. The van der Waals surface area contributed by atoms with E-state index < -0.39 is 0 Å². The summed E-state index contributed by atoms with van der Waals surface area (Å²) in [5.41, 5.74) is 0. The zero-order valence-electron chi connectivity index (χ0n) is 11.4. The largest absolute Gasteiger partial charge is 0.316 e. The Hall–Kier alpha value is -0.300. The van der Waals surface area contributed by atoms with Crippen molar-refractivity contribution in [2.45, 2.75) is 65.2 Å². The molecule has 1 unspecified atom stereocenters. The van der Waals surface area contributed by atoms with Crippen molar-refractivity contribution in [2.24, 2.45) is 5.92 Å². The van der Waals surface area contributed by atoms with Crippen molar-refractivity contribution in [1.82, 2.24) is 5.32 Å². The monoisotopic (exact) mass is 225 g/mol. The number of unbranched alkanes of at least 4 members (excludes halogenated alkanes) is 4. The third-order valence-electron chi connectivity index (χ3n) is 3.24. The van der Waals surface area contributed by atoms with Crippen LogP contribution in [-0.2, 0) is 0 Å². The van der Waals surface area contributed by atoms with Crippen molar-refractivity contribution in [2.75, 3.05) is 13.1 Å². The number of hydrogen-bond donors (Lipinski definition) is 1. The summed E-state index contributed by atoms with van der Waals surface area (Å²) < 4.78 is 0. The van der Waals surface area contributed by atoms with Crippen LogP contribution in [0.3, 0.4) is 0 Å². The minimum absolute atomic E-state index is 0.896. The van der Waals surface area contributed by atoms with Gasteiger partial charge in [0.15, 0.2) is 0 Å². The van der Waals surface area contributed by atoms with E-state index in [0.717, 1.165) is 5.92 Å². The molecule has 0 bridgehead atoms. The molecule has 0 aromatic rings. The number of rotatable bonds is 12. The molecule has 0 saturated heterocycles. The van der Waals surface area contributed by atoms with Crippen LogP contribution < -0.4 is 5.32 Å². The van der Waals surface area contributed by atoms with Gasteiger partial charge < -0.3 is 5.32 Å². The summed E-state index contributed by atoms with van der Waals surface area (Å²) in [6.07, 6.45) is 12.6. The first-order valence-electron chi connectivity index (χ1n) is 7.16. The van der Waals surface area contributed by atoms with Crippen molar-refractivity contribution in [3.8, 4) is 0 Å². The second-order valence-electron chi connectivity index (χ2n) is 4.76. The van der Waals surface area contributed by atoms with Gasteiger partial charge in [0, 0.05) is 0 Å². The molecule has 0 aliphatic heterocycles. The Balaban J connectivity index is 3.23. The highest BCUT2D eigenvalue weighted by Crippen LogP contribution is 2.11. The molecule has 0 fully saturated rings. The van der Waals surface area contributed by atoms with Crippen LogP contribution in [0.4, 0.5) is 0 Å². The molecule has 0 amide bonds.